The Labute approximate surface area is 247 Å². The summed E-state index contributed by atoms with van der Waals surface area (Å²) in [5.74, 6) is -0.772. The molecule has 0 bridgehead atoms. The molecule has 2 atom stereocenters. The van der Waals surface area contributed by atoms with Gasteiger partial charge in [0, 0.05) is 16.5 Å². The van der Waals surface area contributed by atoms with Crippen LogP contribution in [0.2, 0.25) is 0 Å². The molecule has 1 saturated carbocycles. The normalized spacial score (nSPS) is 21.1. The number of rotatable bonds is 5. The number of Topliss-reactive ketones (excluding diaryl/α,β-unsaturated/α-hetero) is 1. The number of thiazole rings is 1. The van der Waals surface area contributed by atoms with Gasteiger partial charge in [0.1, 0.15) is 0 Å². The van der Waals surface area contributed by atoms with Crippen LogP contribution in [0.15, 0.2) is 79.7 Å². The van der Waals surface area contributed by atoms with Gasteiger partial charge in [0.05, 0.1) is 42.5 Å². The maximum absolute atomic E-state index is 13.0. The van der Waals surface area contributed by atoms with E-state index in [9.17, 15) is 24.5 Å². The Morgan fingerprint density at radius 2 is 1.73 bits per heavy atom. The third-order valence-corrected chi connectivity index (χ3v) is 10.9. The predicted octanol–water partition coefficient (Wildman–Crippen LogP) is 7.36. The molecule has 1 aliphatic carbocycles. The van der Waals surface area contributed by atoms with Crippen molar-refractivity contribution in [1.82, 2.24) is 4.98 Å². The fraction of sp³-hybridized carbons (Fsp3) is 0.200. The van der Waals surface area contributed by atoms with Crippen LogP contribution >= 0.6 is 34.9 Å². The summed E-state index contributed by atoms with van der Waals surface area (Å²) in [6.45, 7) is 0. The Morgan fingerprint density at radius 3 is 2.46 bits per heavy atom. The molecule has 7 rings (SSSR count). The molecule has 2 aliphatic heterocycles. The van der Waals surface area contributed by atoms with Crippen molar-refractivity contribution in [3.8, 4) is 0 Å². The fourth-order valence-corrected chi connectivity index (χ4v) is 8.92. The van der Waals surface area contributed by atoms with Crippen molar-refractivity contribution in [3.05, 3.63) is 86.8 Å². The number of carbonyl (C=O) groups excluding carboxylic acids is 3. The Hall–Kier alpha value is -3.80. The number of imide groups is 1. The monoisotopic (exact) mass is 599 g/mol. The number of aromatic nitrogens is 1. The standard InChI is InChI=1S/C30H21N3O5S3/c34-27-20-7-3-4-8-23(20)39-26(27)14-16-9-12-24(22(13-16)33(37)38)40-30-31-21-11-10-17(15-25(21)41-30)32-28(35)18-5-1-2-6-19(18)29(32)36/h3-4,7-15,18-19H,1-2,5-6H2/b26-14-/t18-,19-/m1/s1. The molecule has 4 aromatic rings. The second kappa shape index (κ2) is 10.2. The molecule has 204 valence electrons. The van der Waals surface area contributed by atoms with Crippen LogP contribution in [0.3, 0.4) is 0 Å². The highest BCUT2D eigenvalue weighted by Gasteiger charge is 2.48. The first kappa shape index (κ1) is 26.1. The van der Waals surface area contributed by atoms with Crippen molar-refractivity contribution in [2.24, 2.45) is 11.8 Å². The van der Waals surface area contributed by atoms with Gasteiger partial charge in [-0.2, -0.15) is 0 Å². The maximum Gasteiger partial charge on any atom is 0.283 e. The van der Waals surface area contributed by atoms with Crippen LogP contribution in [-0.4, -0.2) is 27.5 Å². The molecule has 0 spiro atoms. The van der Waals surface area contributed by atoms with E-state index in [2.05, 4.69) is 4.98 Å². The van der Waals surface area contributed by atoms with E-state index in [1.54, 1.807) is 36.4 Å². The van der Waals surface area contributed by atoms with Crippen LogP contribution < -0.4 is 4.90 Å². The third-order valence-electron chi connectivity index (χ3n) is 7.70. The summed E-state index contributed by atoms with van der Waals surface area (Å²) in [6.07, 6.45) is 5.14. The van der Waals surface area contributed by atoms with E-state index in [1.165, 1.54) is 45.8 Å². The van der Waals surface area contributed by atoms with Gasteiger partial charge in [-0.25, -0.2) is 4.98 Å². The van der Waals surface area contributed by atoms with E-state index < -0.39 is 4.92 Å². The molecule has 0 N–H and O–H groups in total. The van der Waals surface area contributed by atoms with Crippen molar-refractivity contribution in [3.63, 3.8) is 0 Å². The van der Waals surface area contributed by atoms with Gasteiger partial charge in [0.25, 0.3) is 5.69 Å². The molecule has 3 aromatic carbocycles. The molecule has 11 heteroatoms. The van der Waals surface area contributed by atoms with Crippen LogP contribution in [0.25, 0.3) is 16.3 Å². The number of benzene rings is 3. The summed E-state index contributed by atoms with van der Waals surface area (Å²) >= 11 is 3.91. The first-order valence-electron chi connectivity index (χ1n) is 13.2. The Kier molecular flexibility index (Phi) is 6.52. The number of fused-ring (bicyclic) bond motifs is 3. The average molecular weight is 600 g/mol. The minimum atomic E-state index is -0.432. The molecule has 2 amide bonds. The molecular formula is C30H21N3O5S3. The average Bonchev–Trinajstić information content (AvgIpc) is 3.60. The highest BCUT2D eigenvalue weighted by molar-refractivity contribution is 8.05. The summed E-state index contributed by atoms with van der Waals surface area (Å²) in [4.78, 5) is 58.2. The number of hydrogen-bond acceptors (Lipinski definition) is 9. The minimum Gasteiger partial charge on any atom is -0.288 e. The van der Waals surface area contributed by atoms with E-state index in [0.717, 1.165) is 35.3 Å². The molecule has 8 nitrogen and oxygen atoms in total. The number of anilines is 1. The van der Waals surface area contributed by atoms with Crippen molar-refractivity contribution in [2.75, 3.05) is 4.90 Å². The zero-order chi connectivity index (χ0) is 28.2. The molecule has 3 aliphatic rings. The van der Waals surface area contributed by atoms with E-state index in [1.807, 2.05) is 24.3 Å². The van der Waals surface area contributed by atoms with E-state index in [4.69, 9.17) is 0 Å². The van der Waals surface area contributed by atoms with Crippen molar-refractivity contribution in [2.45, 2.75) is 39.8 Å². The van der Waals surface area contributed by atoms with Gasteiger partial charge in [-0.1, -0.05) is 54.6 Å². The van der Waals surface area contributed by atoms with Crippen LogP contribution in [0, 0.1) is 22.0 Å². The molecule has 2 fully saturated rings. The highest BCUT2D eigenvalue weighted by Crippen LogP contribution is 2.44. The number of thioether (sulfide) groups is 1. The molecule has 1 aromatic heterocycles. The Morgan fingerprint density at radius 1 is 0.976 bits per heavy atom. The molecule has 3 heterocycles. The van der Waals surface area contributed by atoms with Gasteiger partial charge >= 0.3 is 0 Å². The number of ketones is 1. The lowest BCUT2D eigenvalue weighted by Gasteiger charge is -2.19. The van der Waals surface area contributed by atoms with Crippen LogP contribution in [0.5, 0.6) is 0 Å². The second-order valence-electron chi connectivity index (χ2n) is 10.2. The second-order valence-corrected chi connectivity index (χ2v) is 13.6. The Bertz CT molecular complexity index is 1810. The largest absolute Gasteiger partial charge is 0.288 e. The smallest absolute Gasteiger partial charge is 0.283 e. The summed E-state index contributed by atoms with van der Waals surface area (Å²) in [7, 11) is 0. The maximum atomic E-state index is 13.0. The predicted molar refractivity (Wildman–Crippen MR) is 159 cm³/mol. The van der Waals surface area contributed by atoms with Crippen molar-refractivity contribution in [1.29, 1.82) is 0 Å². The lowest BCUT2D eigenvalue weighted by Crippen LogP contribution is -2.30. The minimum absolute atomic E-state index is 0.0758. The van der Waals surface area contributed by atoms with Gasteiger partial charge in [0.15, 0.2) is 4.34 Å². The number of amides is 2. The zero-order valence-electron chi connectivity index (χ0n) is 21.4. The van der Waals surface area contributed by atoms with Crippen LogP contribution in [0.4, 0.5) is 11.4 Å². The van der Waals surface area contributed by atoms with Crippen molar-refractivity contribution >= 4 is 80.1 Å². The molecule has 41 heavy (non-hydrogen) atoms. The molecule has 1 saturated heterocycles. The number of carbonyl (C=O) groups is 3. The molecular weight excluding hydrogens is 579 g/mol. The van der Waals surface area contributed by atoms with E-state index in [-0.39, 0.29) is 35.1 Å². The van der Waals surface area contributed by atoms with Gasteiger partial charge in [-0.05, 0) is 60.9 Å². The highest BCUT2D eigenvalue weighted by atomic mass is 32.2. The SMILES string of the molecule is O=C1/C(=C/c2ccc(Sc3nc4ccc(N5C(=O)[C@@H]6CCCC[C@H]6C5=O)cc4s3)c([N+](=O)[O-])c2)Sc2ccccc21. The topological polar surface area (TPSA) is 110 Å². The number of nitrogens with zero attached hydrogens (tertiary/aromatic N) is 3. The van der Waals surface area contributed by atoms with Gasteiger partial charge in [-0.15, -0.1) is 11.3 Å². The van der Waals surface area contributed by atoms with E-state index in [0.29, 0.717) is 36.5 Å². The van der Waals surface area contributed by atoms with Crippen LogP contribution in [0.1, 0.15) is 41.6 Å². The van der Waals surface area contributed by atoms with Gasteiger partial charge in [0.2, 0.25) is 17.6 Å². The first-order chi connectivity index (χ1) is 19.9. The van der Waals surface area contributed by atoms with Gasteiger partial charge in [-0.3, -0.25) is 29.4 Å². The fourth-order valence-electron chi connectivity index (χ4n) is 5.73. The molecule has 0 radical (unpaired) electrons. The summed E-state index contributed by atoms with van der Waals surface area (Å²) < 4.78 is 1.40. The van der Waals surface area contributed by atoms with Crippen LogP contribution in [-0.2, 0) is 9.59 Å². The zero-order valence-corrected chi connectivity index (χ0v) is 23.9. The summed E-state index contributed by atoms with van der Waals surface area (Å²) in [6, 6.07) is 17.6. The third kappa shape index (κ3) is 4.58. The Balaban J connectivity index is 1.15. The van der Waals surface area contributed by atoms with Gasteiger partial charge < -0.3 is 0 Å². The first-order valence-corrected chi connectivity index (χ1v) is 15.6. The number of nitro benzene ring substituents is 1. The summed E-state index contributed by atoms with van der Waals surface area (Å²) in [5, 5.41) is 12.0. The number of hydrogen-bond donors (Lipinski definition) is 0. The van der Waals surface area contributed by atoms with Crippen molar-refractivity contribution < 1.29 is 19.3 Å². The summed E-state index contributed by atoms with van der Waals surface area (Å²) in [5.41, 5.74) is 2.37. The molecule has 0 unspecified atom stereocenters. The quantitative estimate of drug-likeness (QED) is 0.101. The lowest BCUT2D eigenvalue weighted by atomic mass is 9.81. The lowest BCUT2D eigenvalue weighted by molar-refractivity contribution is -0.387. The number of allylic oxidation sites excluding steroid dienone is 1. The number of nitro groups is 1. The van der Waals surface area contributed by atoms with E-state index >= 15 is 0 Å².